The number of rotatable bonds is 2. The highest BCUT2D eigenvalue weighted by atomic mass is 35.5. The number of sulfone groups is 1. The summed E-state index contributed by atoms with van der Waals surface area (Å²) in [6.07, 6.45) is 7.28. The molecule has 0 aromatic heterocycles. The summed E-state index contributed by atoms with van der Waals surface area (Å²) in [5.41, 5.74) is 0. The fourth-order valence-corrected chi connectivity index (χ4v) is 5.60. The van der Waals surface area contributed by atoms with Crippen LogP contribution in [0.2, 0.25) is 0 Å². The number of carbonyl (C=O) groups excluding carboxylic acids is 1. The second-order valence-corrected chi connectivity index (χ2v) is 8.80. The first kappa shape index (κ1) is 17.0. The van der Waals surface area contributed by atoms with Crippen molar-refractivity contribution in [2.24, 2.45) is 5.92 Å². The molecule has 0 bridgehead atoms. The molecule has 1 amide bonds. The van der Waals surface area contributed by atoms with Gasteiger partial charge in [-0.2, -0.15) is 0 Å². The van der Waals surface area contributed by atoms with Gasteiger partial charge >= 0.3 is 0 Å². The molecule has 2 saturated heterocycles. The predicted molar refractivity (Wildman–Crippen MR) is 84.4 cm³/mol. The Morgan fingerprint density at radius 2 is 1.86 bits per heavy atom. The van der Waals surface area contributed by atoms with Crippen molar-refractivity contribution in [3.63, 3.8) is 0 Å². The van der Waals surface area contributed by atoms with Crippen LogP contribution in [0, 0.1) is 5.92 Å². The lowest BCUT2D eigenvalue weighted by atomic mass is 9.85. The molecule has 4 atom stereocenters. The van der Waals surface area contributed by atoms with Crippen LogP contribution in [-0.4, -0.2) is 44.0 Å². The van der Waals surface area contributed by atoms with Crippen molar-refractivity contribution >= 4 is 28.2 Å². The van der Waals surface area contributed by atoms with E-state index in [2.05, 4.69) is 10.6 Å². The zero-order valence-corrected chi connectivity index (χ0v) is 13.8. The van der Waals surface area contributed by atoms with E-state index < -0.39 is 9.84 Å². The molecule has 5 nitrogen and oxygen atoms in total. The zero-order chi connectivity index (χ0) is 14.2. The molecule has 2 N–H and O–H groups in total. The number of carbonyl (C=O) groups is 1. The Morgan fingerprint density at radius 3 is 2.57 bits per heavy atom. The predicted octanol–water partition coefficient (Wildman–Crippen LogP) is 1.02. The van der Waals surface area contributed by atoms with Crippen molar-refractivity contribution in [1.29, 1.82) is 0 Å². The molecule has 1 aliphatic carbocycles. The standard InChI is InChI=1S/C14H24N2O3S.ClH/c17-14(15-11-5-3-7-20(18,19)9-11)13-8-10-4-1-2-6-12(10)16-13;/h10-13,16H,1-9H2,(H,15,17);1H. The van der Waals surface area contributed by atoms with E-state index in [9.17, 15) is 13.2 Å². The smallest absolute Gasteiger partial charge is 0.237 e. The average molecular weight is 337 g/mol. The van der Waals surface area contributed by atoms with Gasteiger partial charge in [0.1, 0.15) is 0 Å². The van der Waals surface area contributed by atoms with Crippen LogP contribution in [0.4, 0.5) is 0 Å². The SMILES string of the molecule is Cl.O=C(NC1CCCS(=O)(=O)C1)C1CC2CCCCC2N1. The summed E-state index contributed by atoms with van der Waals surface area (Å²) in [5, 5.41) is 6.39. The molecule has 3 aliphatic rings. The van der Waals surface area contributed by atoms with Gasteiger partial charge in [-0.3, -0.25) is 4.79 Å². The summed E-state index contributed by atoms with van der Waals surface area (Å²) in [6.45, 7) is 0. The lowest BCUT2D eigenvalue weighted by molar-refractivity contribution is -0.123. The van der Waals surface area contributed by atoms with Gasteiger partial charge in [-0.1, -0.05) is 12.8 Å². The van der Waals surface area contributed by atoms with Gasteiger partial charge in [-0.15, -0.1) is 12.4 Å². The summed E-state index contributed by atoms with van der Waals surface area (Å²) in [7, 11) is -2.96. The molecule has 0 radical (unpaired) electrons. The van der Waals surface area contributed by atoms with Crippen LogP contribution < -0.4 is 10.6 Å². The first-order valence-electron chi connectivity index (χ1n) is 7.80. The van der Waals surface area contributed by atoms with Gasteiger partial charge in [0, 0.05) is 12.1 Å². The quantitative estimate of drug-likeness (QED) is 0.789. The molecule has 4 unspecified atom stereocenters. The lowest BCUT2D eigenvalue weighted by Gasteiger charge is -2.25. The van der Waals surface area contributed by atoms with E-state index in [-0.39, 0.29) is 41.9 Å². The highest BCUT2D eigenvalue weighted by molar-refractivity contribution is 7.91. The second-order valence-electron chi connectivity index (χ2n) is 6.57. The van der Waals surface area contributed by atoms with E-state index >= 15 is 0 Å². The van der Waals surface area contributed by atoms with E-state index in [0.29, 0.717) is 18.4 Å². The Kier molecular flexibility index (Phi) is 5.54. The van der Waals surface area contributed by atoms with Gasteiger partial charge in [0.2, 0.25) is 5.91 Å². The Balaban J connectivity index is 0.00000161. The summed E-state index contributed by atoms with van der Waals surface area (Å²) < 4.78 is 23.2. The third kappa shape index (κ3) is 4.11. The summed E-state index contributed by atoms with van der Waals surface area (Å²) >= 11 is 0. The minimum absolute atomic E-state index is 0. The van der Waals surface area contributed by atoms with Crippen LogP contribution in [0.3, 0.4) is 0 Å². The Hall–Kier alpha value is -0.330. The van der Waals surface area contributed by atoms with Gasteiger partial charge in [0.05, 0.1) is 17.5 Å². The van der Waals surface area contributed by atoms with Crippen LogP contribution in [0.5, 0.6) is 0 Å². The monoisotopic (exact) mass is 336 g/mol. The van der Waals surface area contributed by atoms with Crippen LogP contribution in [-0.2, 0) is 14.6 Å². The first-order valence-corrected chi connectivity index (χ1v) is 9.62. The van der Waals surface area contributed by atoms with Crippen molar-refractivity contribution in [3.05, 3.63) is 0 Å². The largest absolute Gasteiger partial charge is 0.351 e. The van der Waals surface area contributed by atoms with Crippen LogP contribution in [0.15, 0.2) is 0 Å². The molecule has 21 heavy (non-hydrogen) atoms. The fraction of sp³-hybridized carbons (Fsp3) is 0.929. The molecular weight excluding hydrogens is 312 g/mol. The molecule has 0 aromatic rings. The Labute approximate surface area is 133 Å². The molecule has 2 heterocycles. The number of hydrogen-bond donors (Lipinski definition) is 2. The van der Waals surface area contributed by atoms with Gasteiger partial charge in [-0.25, -0.2) is 8.42 Å². The van der Waals surface area contributed by atoms with E-state index in [1.54, 1.807) is 0 Å². The Bertz CT molecular complexity index is 469. The summed E-state index contributed by atoms with van der Waals surface area (Å²) in [5.74, 6) is 1.01. The number of hydrogen-bond acceptors (Lipinski definition) is 4. The maximum atomic E-state index is 12.3. The molecule has 7 heteroatoms. The minimum Gasteiger partial charge on any atom is -0.351 e. The molecule has 1 saturated carbocycles. The lowest BCUT2D eigenvalue weighted by Crippen LogP contribution is -2.50. The van der Waals surface area contributed by atoms with Crippen molar-refractivity contribution in [2.45, 2.75) is 63.1 Å². The molecule has 0 aromatic carbocycles. The average Bonchev–Trinajstić information content (AvgIpc) is 2.81. The fourth-order valence-electron chi connectivity index (χ4n) is 3.96. The first-order chi connectivity index (χ1) is 9.53. The highest BCUT2D eigenvalue weighted by Crippen LogP contribution is 2.33. The van der Waals surface area contributed by atoms with Gasteiger partial charge in [-0.05, 0) is 38.0 Å². The zero-order valence-electron chi connectivity index (χ0n) is 12.2. The van der Waals surface area contributed by atoms with Gasteiger partial charge < -0.3 is 10.6 Å². The maximum Gasteiger partial charge on any atom is 0.237 e. The van der Waals surface area contributed by atoms with E-state index in [0.717, 1.165) is 12.8 Å². The van der Waals surface area contributed by atoms with Crippen molar-refractivity contribution in [2.75, 3.05) is 11.5 Å². The normalized spacial score (nSPS) is 38.1. The maximum absolute atomic E-state index is 12.3. The van der Waals surface area contributed by atoms with Crippen molar-refractivity contribution in [3.8, 4) is 0 Å². The topological polar surface area (TPSA) is 75.3 Å². The molecular formula is C14H25ClN2O3S. The summed E-state index contributed by atoms with van der Waals surface area (Å²) in [4.78, 5) is 12.3. The number of halogens is 1. The van der Waals surface area contributed by atoms with E-state index in [1.165, 1.54) is 25.7 Å². The highest BCUT2D eigenvalue weighted by Gasteiger charge is 2.39. The Morgan fingerprint density at radius 1 is 1.10 bits per heavy atom. The molecule has 122 valence electrons. The van der Waals surface area contributed by atoms with Crippen LogP contribution in [0.25, 0.3) is 0 Å². The third-order valence-corrected chi connectivity index (χ3v) is 6.81. The number of amides is 1. The number of fused-ring (bicyclic) bond motifs is 1. The third-order valence-electron chi connectivity index (χ3n) is 4.99. The summed E-state index contributed by atoms with van der Waals surface area (Å²) in [6, 6.07) is 0.188. The van der Waals surface area contributed by atoms with Gasteiger partial charge in [0.25, 0.3) is 0 Å². The number of nitrogens with one attached hydrogen (secondary N) is 2. The molecule has 3 fully saturated rings. The minimum atomic E-state index is -2.96. The molecule has 2 aliphatic heterocycles. The van der Waals surface area contributed by atoms with Crippen LogP contribution in [0.1, 0.15) is 44.9 Å². The van der Waals surface area contributed by atoms with Crippen molar-refractivity contribution < 1.29 is 13.2 Å². The van der Waals surface area contributed by atoms with Crippen molar-refractivity contribution in [1.82, 2.24) is 10.6 Å². The second kappa shape index (κ2) is 6.84. The van der Waals surface area contributed by atoms with E-state index in [1.807, 2.05) is 0 Å². The van der Waals surface area contributed by atoms with Gasteiger partial charge in [0.15, 0.2) is 9.84 Å². The molecule has 0 spiro atoms. The van der Waals surface area contributed by atoms with E-state index in [4.69, 9.17) is 0 Å². The van der Waals surface area contributed by atoms with Crippen LogP contribution >= 0.6 is 12.4 Å². The molecule has 3 rings (SSSR count).